The summed E-state index contributed by atoms with van der Waals surface area (Å²) >= 11 is 0. The highest BCUT2D eigenvalue weighted by Gasteiger charge is 2.24. The molecular weight excluding hydrogens is 354 g/mol. The maximum atomic E-state index is 12.6. The Morgan fingerprint density at radius 2 is 1.61 bits per heavy atom. The van der Waals surface area contributed by atoms with Crippen LogP contribution in [0.4, 0.5) is 5.69 Å². The predicted octanol–water partition coefficient (Wildman–Crippen LogP) is 5.08. The number of esters is 1. The monoisotopic (exact) mass is 373 g/mol. The SMILES string of the molecule is Cc1c(C(=O)O[C@H](C)C(=O)Nc2cccc3ccccc23)oc2ccccc12. The Morgan fingerprint density at radius 1 is 0.929 bits per heavy atom. The third kappa shape index (κ3) is 3.22. The van der Waals surface area contributed by atoms with Crippen LogP contribution in [0.2, 0.25) is 0 Å². The van der Waals surface area contributed by atoms with Crippen molar-refractivity contribution in [2.45, 2.75) is 20.0 Å². The summed E-state index contributed by atoms with van der Waals surface area (Å²) in [6.07, 6.45) is -0.973. The smallest absolute Gasteiger partial charge is 0.375 e. The van der Waals surface area contributed by atoms with Crippen LogP contribution in [0.15, 0.2) is 71.1 Å². The summed E-state index contributed by atoms with van der Waals surface area (Å²) in [6, 6.07) is 20.8. The van der Waals surface area contributed by atoms with Gasteiger partial charge in [0.1, 0.15) is 5.58 Å². The molecule has 0 saturated carbocycles. The Balaban J connectivity index is 1.51. The van der Waals surface area contributed by atoms with Gasteiger partial charge in [0.05, 0.1) is 0 Å². The Kier molecular flexibility index (Phi) is 4.57. The molecule has 0 bridgehead atoms. The van der Waals surface area contributed by atoms with E-state index in [1.807, 2.05) is 60.7 Å². The van der Waals surface area contributed by atoms with Crippen LogP contribution in [-0.4, -0.2) is 18.0 Å². The summed E-state index contributed by atoms with van der Waals surface area (Å²) in [5.41, 5.74) is 1.98. The lowest BCUT2D eigenvalue weighted by atomic mass is 10.1. The van der Waals surface area contributed by atoms with Crippen LogP contribution in [-0.2, 0) is 9.53 Å². The number of fused-ring (bicyclic) bond motifs is 2. The lowest BCUT2D eigenvalue weighted by Gasteiger charge is -2.14. The largest absolute Gasteiger partial charge is 0.449 e. The van der Waals surface area contributed by atoms with Gasteiger partial charge in [-0.15, -0.1) is 0 Å². The molecule has 0 spiro atoms. The first-order chi connectivity index (χ1) is 13.5. The van der Waals surface area contributed by atoms with Crippen molar-refractivity contribution in [3.05, 3.63) is 78.1 Å². The molecule has 0 aliphatic heterocycles. The minimum Gasteiger partial charge on any atom is -0.449 e. The van der Waals surface area contributed by atoms with Crippen molar-refractivity contribution in [3.63, 3.8) is 0 Å². The Bertz CT molecular complexity index is 1190. The molecule has 0 unspecified atom stereocenters. The fourth-order valence-corrected chi connectivity index (χ4v) is 3.21. The molecule has 1 amide bonds. The van der Waals surface area contributed by atoms with Gasteiger partial charge in [-0.05, 0) is 31.4 Å². The van der Waals surface area contributed by atoms with Gasteiger partial charge in [-0.25, -0.2) is 4.79 Å². The molecule has 1 aromatic heterocycles. The fourth-order valence-electron chi connectivity index (χ4n) is 3.21. The number of furan rings is 1. The number of anilines is 1. The van der Waals surface area contributed by atoms with Crippen LogP contribution in [0.3, 0.4) is 0 Å². The summed E-state index contributed by atoms with van der Waals surface area (Å²) < 4.78 is 11.0. The lowest BCUT2D eigenvalue weighted by Crippen LogP contribution is -2.30. The molecule has 0 fully saturated rings. The first-order valence-electron chi connectivity index (χ1n) is 9.02. The van der Waals surface area contributed by atoms with E-state index in [0.29, 0.717) is 16.8 Å². The minimum absolute atomic E-state index is 0.117. The van der Waals surface area contributed by atoms with Gasteiger partial charge in [-0.1, -0.05) is 54.6 Å². The Labute approximate surface area is 161 Å². The molecule has 1 atom stereocenters. The molecule has 140 valence electrons. The lowest BCUT2D eigenvalue weighted by molar-refractivity contribution is -0.123. The van der Waals surface area contributed by atoms with Crippen LogP contribution in [0.1, 0.15) is 23.0 Å². The first kappa shape index (κ1) is 17.8. The van der Waals surface area contributed by atoms with E-state index in [1.165, 1.54) is 6.92 Å². The predicted molar refractivity (Wildman–Crippen MR) is 108 cm³/mol. The molecule has 0 saturated heterocycles. The summed E-state index contributed by atoms with van der Waals surface area (Å²) in [5, 5.41) is 5.62. The standard InChI is InChI=1S/C23H19NO4/c1-14-17-10-5-6-13-20(17)28-21(14)23(26)27-15(2)22(25)24-19-12-7-9-16-8-3-4-11-18(16)19/h3-13,15H,1-2H3,(H,24,25)/t15-/m1/s1. The van der Waals surface area contributed by atoms with Gasteiger partial charge in [0.15, 0.2) is 6.10 Å². The van der Waals surface area contributed by atoms with Crippen LogP contribution in [0.25, 0.3) is 21.7 Å². The van der Waals surface area contributed by atoms with Crippen molar-refractivity contribution >= 4 is 39.3 Å². The quantitative estimate of drug-likeness (QED) is 0.507. The van der Waals surface area contributed by atoms with Gasteiger partial charge in [-0.3, -0.25) is 4.79 Å². The van der Waals surface area contributed by atoms with Crippen LogP contribution in [0, 0.1) is 6.92 Å². The molecule has 5 nitrogen and oxygen atoms in total. The second kappa shape index (κ2) is 7.19. The van der Waals surface area contributed by atoms with Crippen molar-refractivity contribution < 1.29 is 18.7 Å². The molecule has 1 heterocycles. The maximum Gasteiger partial charge on any atom is 0.375 e. The van der Waals surface area contributed by atoms with Crippen molar-refractivity contribution in [1.29, 1.82) is 0 Å². The van der Waals surface area contributed by atoms with Crippen molar-refractivity contribution in [2.75, 3.05) is 5.32 Å². The molecule has 4 rings (SSSR count). The zero-order chi connectivity index (χ0) is 19.7. The second-order valence-electron chi connectivity index (χ2n) is 6.62. The molecule has 0 aliphatic carbocycles. The van der Waals surface area contributed by atoms with Crippen molar-refractivity contribution in [2.24, 2.45) is 0 Å². The van der Waals surface area contributed by atoms with Gasteiger partial charge in [-0.2, -0.15) is 0 Å². The number of amides is 1. The topological polar surface area (TPSA) is 68.5 Å². The highest BCUT2D eigenvalue weighted by Crippen LogP contribution is 2.26. The molecular formula is C23H19NO4. The summed E-state index contributed by atoms with van der Waals surface area (Å²) in [7, 11) is 0. The van der Waals surface area contributed by atoms with E-state index in [0.717, 1.165) is 16.2 Å². The van der Waals surface area contributed by atoms with Gasteiger partial charge in [0.2, 0.25) is 5.76 Å². The number of nitrogens with one attached hydrogen (secondary N) is 1. The normalized spacial score (nSPS) is 12.1. The first-order valence-corrected chi connectivity index (χ1v) is 9.02. The number of carbonyl (C=O) groups excluding carboxylic acids is 2. The fraction of sp³-hybridized carbons (Fsp3) is 0.130. The molecule has 0 aliphatic rings. The van der Waals surface area contributed by atoms with E-state index < -0.39 is 18.0 Å². The van der Waals surface area contributed by atoms with Crippen molar-refractivity contribution in [1.82, 2.24) is 0 Å². The minimum atomic E-state index is -0.973. The molecule has 4 aromatic rings. The number of ether oxygens (including phenoxy) is 1. The summed E-state index contributed by atoms with van der Waals surface area (Å²) in [5.74, 6) is -0.946. The van der Waals surface area contributed by atoms with Gasteiger partial charge in [0, 0.05) is 22.0 Å². The van der Waals surface area contributed by atoms with Crippen molar-refractivity contribution in [3.8, 4) is 0 Å². The van der Waals surface area contributed by atoms with E-state index in [9.17, 15) is 9.59 Å². The van der Waals surface area contributed by atoms with Gasteiger partial charge in [0.25, 0.3) is 5.91 Å². The molecule has 0 radical (unpaired) electrons. The van der Waals surface area contributed by atoms with E-state index in [2.05, 4.69) is 5.32 Å². The Morgan fingerprint density at radius 3 is 2.39 bits per heavy atom. The van der Waals surface area contributed by atoms with Crippen LogP contribution >= 0.6 is 0 Å². The molecule has 5 heteroatoms. The average Bonchev–Trinajstić information content (AvgIpc) is 3.05. The average molecular weight is 373 g/mol. The van der Waals surface area contributed by atoms with Gasteiger partial charge < -0.3 is 14.5 Å². The maximum absolute atomic E-state index is 12.6. The van der Waals surface area contributed by atoms with Crippen LogP contribution < -0.4 is 5.32 Å². The third-order valence-electron chi connectivity index (χ3n) is 4.73. The van der Waals surface area contributed by atoms with E-state index in [-0.39, 0.29) is 5.76 Å². The molecule has 1 N–H and O–H groups in total. The highest BCUT2D eigenvalue weighted by atomic mass is 16.6. The van der Waals surface area contributed by atoms with E-state index >= 15 is 0 Å². The number of benzene rings is 3. The highest BCUT2D eigenvalue weighted by molar-refractivity contribution is 6.04. The number of aryl methyl sites for hydroxylation is 1. The number of hydrogen-bond acceptors (Lipinski definition) is 4. The second-order valence-corrected chi connectivity index (χ2v) is 6.62. The number of rotatable bonds is 4. The number of para-hydroxylation sites is 1. The van der Waals surface area contributed by atoms with Gasteiger partial charge >= 0.3 is 5.97 Å². The number of carbonyl (C=O) groups is 2. The zero-order valence-corrected chi connectivity index (χ0v) is 15.6. The summed E-state index contributed by atoms with van der Waals surface area (Å²) in [4.78, 5) is 25.1. The number of hydrogen-bond donors (Lipinski definition) is 1. The van der Waals surface area contributed by atoms with E-state index in [4.69, 9.17) is 9.15 Å². The summed E-state index contributed by atoms with van der Waals surface area (Å²) in [6.45, 7) is 3.33. The van der Waals surface area contributed by atoms with Crippen LogP contribution in [0.5, 0.6) is 0 Å². The Hall–Kier alpha value is -3.60. The zero-order valence-electron chi connectivity index (χ0n) is 15.6. The third-order valence-corrected chi connectivity index (χ3v) is 4.73. The molecule has 28 heavy (non-hydrogen) atoms. The molecule has 3 aromatic carbocycles. The van der Waals surface area contributed by atoms with E-state index in [1.54, 1.807) is 13.0 Å².